The van der Waals surface area contributed by atoms with Gasteiger partial charge in [-0.1, -0.05) is 77.8 Å². The first kappa shape index (κ1) is 19.9. The van der Waals surface area contributed by atoms with E-state index in [0.29, 0.717) is 28.5 Å². The lowest BCUT2D eigenvalue weighted by Crippen LogP contribution is -2.12. The largest absolute Gasteiger partial charge is 0.321 e. The molecule has 0 aliphatic heterocycles. The number of hydrogen-bond donors (Lipinski definition) is 1. The molecule has 0 aliphatic rings. The molecule has 0 unspecified atom stereocenters. The first-order valence-electron chi connectivity index (χ1n) is 9.75. The molecule has 4 nitrogen and oxygen atoms in total. The van der Waals surface area contributed by atoms with Crippen molar-refractivity contribution in [2.75, 3.05) is 5.32 Å². The van der Waals surface area contributed by atoms with E-state index >= 15 is 0 Å². The van der Waals surface area contributed by atoms with Gasteiger partial charge in [0.25, 0.3) is 5.91 Å². The summed E-state index contributed by atoms with van der Waals surface area (Å²) >= 11 is 6.31. The highest BCUT2D eigenvalue weighted by Crippen LogP contribution is 2.27. The summed E-state index contributed by atoms with van der Waals surface area (Å²) in [6, 6.07) is 23.6. The second-order valence-corrected chi connectivity index (χ2v) is 7.79. The molecule has 0 saturated carbocycles. The second-order valence-electron chi connectivity index (χ2n) is 7.38. The van der Waals surface area contributed by atoms with Crippen molar-refractivity contribution in [2.45, 2.75) is 20.4 Å². The molecule has 150 valence electrons. The Bertz CT molecular complexity index is 1180. The minimum absolute atomic E-state index is 0.240. The zero-order chi connectivity index (χ0) is 21.1. The van der Waals surface area contributed by atoms with E-state index < -0.39 is 0 Å². The lowest BCUT2D eigenvalue weighted by atomic mass is 10.1. The Hall–Kier alpha value is -3.37. The Morgan fingerprint density at radius 3 is 2.37 bits per heavy atom. The average molecular weight is 416 g/mol. The van der Waals surface area contributed by atoms with E-state index in [9.17, 15) is 4.79 Å². The van der Waals surface area contributed by atoms with Gasteiger partial charge in [0.05, 0.1) is 22.8 Å². The van der Waals surface area contributed by atoms with Gasteiger partial charge in [0.1, 0.15) is 5.69 Å². The number of aryl methyl sites for hydroxylation is 2. The summed E-state index contributed by atoms with van der Waals surface area (Å²) in [7, 11) is 0. The molecule has 0 bridgehead atoms. The maximum atomic E-state index is 13.2. The molecule has 0 aliphatic carbocycles. The normalized spacial score (nSPS) is 10.8. The number of nitrogens with one attached hydrogen (secondary N) is 1. The summed E-state index contributed by atoms with van der Waals surface area (Å²) in [5.74, 6) is -0.240. The van der Waals surface area contributed by atoms with E-state index in [2.05, 4.69) is 5.32 Å². The number of amides is 1. The van der Waals surface area contributed by atoms with Crippen molar-refractivity contribution in [3.63, 3.8) is 0 Å². The van der Waals surface area contributed by atoms with Crippen LogP contribution in [0.5, 0.6) is 0 Å². The topological polar surface area (TPSA) is 46.9 Å². The standard InChI is InChI=1S/C25H22ClN3O/c1-17-8-11-20(12-9-17)24-21(16-29(28-24)15-19-6-4-3-5-7-19)25(30)27-23-13-10-18(2)14-22(23)26/h3-14,16H,15H2,1-2H3,(H,27,30). The molecule has 30 heavy (non-hydrogen) atoms. The predicted octanol–water partition coefficient (Wildman–Crippen LogP) is 6.12. The van der Waals surface area contributed by atoms with Gasteiger partial charge in [-0.25, -0.2) is 0 Å². The smallest absolute Gasteiger partial charge is 0.259 e. The Kier molecular flexibility index (Phi) is 5.68. The molecule has 1 aromatic heterocycles. The molecule has 0 fully saturated rings. The van der Waals surface area contributed by atoms with Crippen LogP contribution < -0.4 is 5.32 Å². The van der Waals surface area contributed by atoms with Crippen molar-refractivity contribution >= 4 is 23.2 Å². The van der Waals surface area contributed by atoms with Crippen LogP contribution in [0.1, 0.15) is 27.0 Å². The Morgan fingerprint density at radius 2 is 1.67 bits per heavy atom. The summed E-state index contributed by atoms with van der Waals surface area (Å²) in [4.78, 5) is 13.2. The molecule has 1 heterocycles. The van der Waals surface area contributed by atoms with Gasteiger partial charge < -0.3 is 5.32 Å². The number of benzene rings is 3. The van der Waals surface area contributed by atoms with E-state index in [0.717, 1.165) is 22.3 Å². The van der Waals surface area contributed by atoms with Crippen LogP contribution in [-0.4, -0.2) is 15.7 Å². The molecule has 0 saturated heterocycles. The lowest BCUT2D eigenvalue weighted by Gasteiger charge is -2.08. The third kappa shape index (κ3) is 4.44. The number of aromatic nitrogens is 2. The van der Waals surface area contributed by atoms with Crippen LogP contribution in [0, 0.1) is 13.8 Å². The number of carbonyl (C=O) groups is 1. The predicted molar refractivity (Wildman–Crippen MR) is 122 cm³/mol. The first-order chi connectivity index (χ1) is 14.5. The molecule has 3 aromatic carbocycles. The number of nitrogens with zero attached hydrogens (tertiary/aromatic N) is 2. The zero-order valence-corrected chi connectivity index (χ0v) is 17.6. The second kappa shape index (κ2) is 8.56. The van der Waals surface area contributed by atoms with Gasteiger partial charge in [0.2, 0.25) is 0 Å². The number of hydrogen-bond acceptors (Lipinski definition) is 2. The van der Waals surface area contributed by atoms with E-state index in [4.69, 9.17) is 16.7 Å². The molecule has 4 aromatic rings. The molecule has 4 rings (SSSR count). The Balaban J connectivity index is 1.70. The highest BCUT2D eigenvalue weighted by atomic mass is 35.5. The fourth-order valence-corrected chi connectivity index (χ4v) is 3.56. The minimum atomic E-state index is -0.240. The lowest BCUT2D eigenvalue weighted by molar-refractivity contribution is 0.102. The summed E-state index contributed by atoms with van der Waals surface area (Å²) in [6.07, 6.45) is 1.79. The molecular formula is C25H22ClN3O. The molecule has 0 radical (unpaired) electrons. The summed E-state index contributed by atoms with van der Waals surface area (Å²) in [5, 5.41) is 8.17. The summed E-state index contributed by atoms with van der Waals surface area (Å²) in [5.41, 5.74) is 5.93. The average Bonchev–Trinajstić information content (AvgIpc) is 3.15. The van der Waals surface area contributed by atoms with Crippen molar-refractivity contribution in [2.24, 2.45) is 0 Å². The van der Waals surface area contributed by atoms with Gasteiger partial charge >= 0.3 is 0 Å². The van der Waals surface area contributed by atoms with Crippen molar-refractivity contribution in [1.29, 1.82) is 0 Å². The van der Waals surface area contributed by atoms with Gasteiger partial charge in [-0.2, -0.15) is 5.10 Å². The van der Waals surface area contributed by atoms with Crippen LogP contribution in [0.15, 0.2) is 79.0 Å². The monoisotopic (exact) mass is 415 g/mol. The van der Waals surface area contributed by atoms with Gasteiger partial charge in [0, 0.05) is 11.8 Å². The molecule has 1 amide bonds. The minimum Gasteiger partial charge on any atom is -0.321 e. The van der Waals surface area contributed by atoms with Crippen LogP contribution in [0.4, 0.5) is 5.69 Å². The van der Waals surface area contributed by atoms with Gasteiger partial charge in [0.15, 0.2) is 0 Å². The van der Waals surface area contributed by atoms with Crippen LogP contribution in [0.3, 0.4) is 0 Å². The van der Waals surface area contributed by atoms with Crippen LogP contribution >= 0.6 is 11.6 Å². The van der Waals surface area contributed by atoms with E-state index in [-0.39, 0.29) is 5.91 Å². The highest BCUT2D eigenvalue weighted by molar-refractivity contribution is 6.34. The van der Waals surface area contributed by atoms with Crippen LogP contribution in [0.2, 0.25) is 5.02 Å². The van der Waals surface area contributed by atoms with Crippen molar-refractivity contribution in [3.8, 4) is 11.3 Å². The number of carbonyl (C=O) groups excluding carboxylic acids is 1. The Labute approximate surface area is 181 Å². The summed E-state index contributed by atoms with van der Waals surface area (Å²) in [6.45, 7) is 4.57. The van der Waals surface area contributed by atoms with Gasteiger partial charge in [-0.05, 0) is 37.1 Å². The third-order valence-corrected chi connectivity index (χ3v) is 5.20. The molecule has 5 heteroatoms. The van der Waals surface area contributed by atoms with E-state index in [1.165, 1.54) is 0 Å². The van der Waals surface area contributed by atoms with Gasteiger partial charge in [-0.3, -0.25) is 9.48 Å². The number of rotatable bonds is 5. The van der Waals surface area contributed by atoms with Crippen LogP contribution in [0.25, 0.3) is 11.3 Å². The van der Waals surface area contributed by atoms with Crippen molar-refractivity contribution in [1.82, 2.24) is 9.78 Å². The van der Waals surface area contributed by atoms with Gasteiger partial charge in [-0.15, -0.1) is 0 Å². The first-order valence-corrected chi connectivity index (χ1v) is 10.1. The van der Waals surface area contributed by atoms with Crippen LogP contribution in [-0.2, 0) is 6.54 Å². The molecule has 0 atom stereocenters. The van der Waals surface area contributed by atoms with E-state index in [1.807, 2.05) is 86.6 Å². The fraction of sp³-hybridized carbons (Fsp3) is 0.120. The number of anilines is 1. The highest BCUT2D eigenvalue weighted by Gasteiger charge is 2.19. The fourth-order valence-electron chi connectivity index (χ4n) is 3.27. The third-order valence-electron chi connectivity index (χ3n) is 4.89. The SMILES string of the molecule is Cc1ccc(-c2nn(Cc3ccccc3)cc2C(=O)Nc2ccc(C)cc2Cl)cc1. The van der Waals surface area contributed by atoms with E-state index in [1.54, 1.807) is 10.9 Å². The number of halogens is 1. The maximum Gasteiger partial charge on any atom is 0.259 e. The maximum absolute atomic E-state index is 13.2. The Morgan fingerprint density at radius 1 is 0.967 bits per heavy atom. The zero-order valence-electron chi connectivity index (χ0n) is 16.9. The molecule has 1 N–H and O–H groups in total. The quantitative estimate of drug-likeness (QED) is 0.426. The van der Waals surface area contributed by atoms with Crippen molar-refractivity contribution < 1.29 is 4.79 Å². The van der Waals surface area contributed by atoms with Crippen molar-refractivity contribution in [3.05, 3.63) is 106 Å². The molecular weight excluding hydrogens is 394 g/mol. The summed E-state index contributed by atoms with van der Waals surface area (Å²) < 4.78 is 1.80. The molecule has 0 spiro atoms.